The van der Waals surface area contributed by atoms with Gasteiger partial charge >= 0.3 is 0 Å². The molecule has 9 aromatic rings. The zero-order valence-corrected chi connectivity index (χ0v) is 28.9. The van der Waals surface area contributed by atoms with Gasteiger partial charge < -0.3 is 0 Å². The van der Waals surface area contributed by atoms with Crippen LogP contribution in [0.4, 0.5) is 0 Å². The van der Waals surface area contributed by atoms with Crippen molar-refractivity contribution in [1.82, 2.24) is 15.0 Å². The Bertz CT molecular complexity index is 2700. The van der Waals surface area contributed by atoms with Crippen LogP contribution in [-0.4, -0.2) is 15.0 Å². The number of rotatable bonds is 6. The first kappa shape index (κ1) is 30.8. The number of fused-ring (bicyclic) bond motifs is 4. The Morgan fingerprint density at radius 3 is 1.23 bits per heavy atom. The van der Waals surface area contributed by atoms with Crippen LogP contribution in [0.5, 0.6) is 0 Å². The molecule has 1 aliphatic rings. The molecule has 0 saturated heterocycles. The number of para-hydroxylation sites is 2. The minimum Gasteiger partial charge on any atom is -0.265 e. The second kappa shape index (κ2) is 12.7. The van der Waals surface area contributed by atoms with Gasteiger partial charge in [-0.2, -0.15) is 0 Å². The fourth-order valence-corrected chi connectivity index (χ4v) is 8.21. The van der Waals surface area contributed by atoms with E-state index < -0.39 is 5.41 Å². The maximum atomic E-state index is 5.14. The summed E-state index contributed by atoms with van der Waals surface area (Å²) in [6.45, 7) is 0. The van der Waals surface area contributed by atoms with Crippen LogP contribution in [-0.2, 0) is 5.41 Å². The van der Waals surface area contributed by atoms with Gasteiger partial charge in [-0.3, -0.25) is 4.98 Å². The van der Waals surface area contributed by atoms with Crippen LogP contribution in [0.2, 0.25) is 0 Å². The molecule has 0 aliphatic heterocycles. The first-order valence-corrected chi connectivity index (χ1v) is 18.0. The predicted octanol–water partition coefficient (Wildman–Crippen LogP) is 12.1. The van der Waals surface area contributed by atoms with Gasteiger partial charge in [-0.1, -0.05) is 152 Å². The highest BCUT2D eigenvalue weighted by molar-refractivity contribution is 5.91. The van der Waals surface area contributed by atoms with Crippen molar-refractivity contribution in [2.75, 3.05) is 0 Å². The Hall–Kier alpha value is -6.97. The normalized spacial score (nSPS) is 12.7. The summed E-state index contributed by atoms with van der Waals surface area (Å²) in [5, 5.41) is 0. The third-order valence-corrected chi connectivity index (χ3v) is 10.7. The minimum absolute atomic E-state index is 0.516. The summed E-state index contributed by atoms with van der Waals surface area (Å²) in [6.07, 6.45) is 3.73. The van der Waals surface area contributed by atoms with E-state index in [1.54, 1.807) is 0 Å². The predicted molar refractivity (Wildman–Crippen MR) is 216 cm³/mol. The van der Waals surface area contributed by atoms with Gasteiger partial charge in [0.2, 0.25) is 0 Å². The lowest BCUT2D eigenvalue weighted by Crippen LogP contribution is -2.28. The molecule has 0 N–H and O–H groups in total. The second-order valence-electron chi connectivity index (χ2n) is 13.6. The van der Waals surface area contributed by atoms with Crippen molar-refractivity contribution in [3.8, 4) is 55.9 Å². The van der Waals surface area contributed by atoms with Crippen molar-refractivity contribution in [1.29, 1.82) is 0 Å². The van der Waals surface area contributed by atoms with Gasteiger partial charge in [0.15, 0.2) is 0 Å². The average Bonchev–Trinajstić information content (AvgIpc) is 3.54. The molecule has 0 unspecified atom stereocenters. The van der Waals surface area contributed by atoms with E-state index in [-0.39, 0.29) is 0 Å². The lowest BCUT2D eigenvalue weighted by atomic mass is 9.67. The number of aromatic nitrogens is 3. The van der Waals surface area contributed by atoms with Crippen LogP contribution in [0.25, 0.3) is 66.9 Å². The van der Waals surface area contributed by atoms with Gasteiger partial charge in [0.25, 0.3) is 0 Å². The molecule has 3 heteroatoms. The zero-order valence-electron chi connectivity index (χ0n) is 28.9. The van der Waals surface area contributed by atoms with Gasteiger partial charge in [-0.25, -0.2) is 9.97 Å². The molecule has 0 bridgehead atoms. The van der Waals surface area contributed by atoms with Crippen LogP contribution in [0.1, 0.15) is 22.3 Å². The average molecular weight is 676 g/mol. The number of benzene rings is 7. The molecular formula is C50H33N3. The maximum absolute atomic E-state index is 5.14. The van der Waals surface area contributed by atoms with Crippen molar-refractivity contribution in [2.45, 2.75) is 5.41 Å². The van der Waals surface area contributed by atoms with Crippen molar-refractivity contribution in [2.24, 2.45) is 0 Å². The van der Waals surface area contributed by atoms with E-state index in [0.29, 0.717) is 0 Å². The molecule has 3 nitrogen and oxygen atoms in total. The molecule has 0 fully saturated rings. The van der Waals surface area contributed by atoms with Gasteiger partial charge in [0.05, 0.1) is 27.8 Å². The summed E-state index contributed by atoms with van der Waals surface area (Å²) >= 11 is 0. The van der Waals surface area contributed by atoms with Gasteiger partial charge in [-0.05, 0) is 92.0 Å². The Morgan fingerprint density at radius 2 is 0.717 bits per heavy atom. The van der Waals surface area contributed by atoms with Gasteiger partial charge in [0, 0.05) is 23.5 Å². The van der Waals surface area contributed by atoms with E-state index in [4.69, 9.17) is 9.97 Å². The molecule has 0 spiro atoms. The standard InChI is InChI=1S/C50H33N3/c1-4-12-36(13-5-1)48-49(53-47-19-11-10-18-46(47)52-48)37-22-20-34(21-23-37)38-24-26-42-43-27-25-39(35-28-30-51-31-29-35)33-45(43)50(44(42)32-38,40-14-6-2-7-15-40)41-16-8-3-9-17-41/h1-33H. The quantitative estimate of drug-likeness (QED) is 0.176. The SMILES string of the molecule is c1ccc(-c2nc3ccccc3nc2-c2ccc(-c3ccc4c(c3)C(c3ccccc3)(c3ccccc3)c3cc(-c5ccncc5)ccc3-4)cc2)cc1. The van der Waals surface area contributed by atoms with E-state index >= 15 is 0 Å². The zero-order chi connectivity index (χ0) is 35.2. The molecule has 1 aliphatic carbocycles. The lowest BCUT2D eigenvalue weighted by Gasteiger charge is -2.34. The smallest absolute Gasteiger partial charge is 0.0973 e. The second-order valence-corrected chi connectivity index (χ2v) is 13.6. The van der Waals surface area contributed by atoms with Crippen LogP contribution in [0, 0.1) is 0 Å². The Labute approximate surface area is 309 Å². The van der Waals surface area contributed by atoms with Crippen molar-refractivity contribution in [3.63, 3.8) is 0 Å². The molecule has 2 aromatic heterocycles. The fourth-order valence-electron chi connectivity index (χ4n) is 8.21. The van der Waals surface area contributed by atoms with Crippen molar-refractivity contribution >= 4 is 11.0 Å². The highest BCUT2D eigenvalue weighted by Crippen LogP contribution is 2.57. The number of hydrogen-bond donors (Lipinski definition) is 0. The minimum atomic E-state index is -0.516. The molecule has 10 rings (SSSR count). The van der Waals surface area contributed by atoms with Crippen LogP contribution < -0.4 is 0 Å². The summed E-state index contributed by atoms with van der Waals surface area (Å²) in [5.74, 6) is 0. The van der Waals surface area contributed by atoms with E-state index in [1.807, 2.05) is 42.7 Å². The van der Waals surface area contributed by atoms with Crippen LogP contribution >= 0.6 is 0 Å². The number of pyridine rings is 1. The molecule has 0 atom stereocenters. The van der Waals surface area contributed by atoms with Crippen molar-refractivity contribution < 1.29 is 0 Å². The van der Waals surface area contributed by atoms with E-state index in [9.17, 15) is 0 Å². The highest BCUT2D eigenvalue weighted by atomic mass is 14.8. The summed E-state index contributed by atoms with van der Waals surface area (Å²) in [5.41, 5.74) is 17.3. The highest BCUT2D eigenvalue weighted by Gasteiger charge is 2.46. The van der Waals surface area contributed by atoms with Crippen molar-refractivity contribution in [3.05, 3.63) is 223 Å². The Kier molecular flexibility index (Phi) is 7.36. The van der Waals surface area contributed by atoms with Crippen LogP contribution in [0.15, 0.2) is 200 Å². The molecule has 53 heavy (non-hydrogen) atoms. The van der Waals surface area contributed by atoms with Crippen LogP contribution in [0.3, 0.4) is 0 Å². The Morgan fingerprint density at radius 1 is 0.321 bits per heavy atom. The molecule has 0 saturated carbocycles. The third-order valence-electron chi connectivity index (χ3n) is 10.7. The molecule has 7 aromatic carbocycles. The number of nitrogens with zero attached hydrogens (tertiary/aromatic N) is 3. The summed E-state index contributed by atoms with van der Waals surface area (Å²) in [7, 11) is 0. The van der Waals surface area contributed by atoms with E-state index in [1.165, 1.54) is 44.5 Å². The molecule has 2 heterocycles. The topological polar surface area (TPSA) is 38.7 Å². The molecule has 0 amide bonds. The lowest BCUT2D eigenvalue weighted by molar-refractivity contribution is 0.769. The van der Waals surface area contributed by atoms with Gasteiger partial charge in [-0.15, -0.1) is 0 Å². The molecule has 0 radical (unpaired) electrons. The maximum Gasteiger partial charge on any atom is 0.0973 e. The fraction of sp³-hybridized carbons (Fsp3) is 0.0200. The molecular weight excluding hydrogens is 643 g/mol. The van der Waals surface area contributed by atoms with E-state index in [2.05, 4.69) is 163 Å². The summed E-state index contributed by atoms with van der Waals surface area (Å²) < 4.78 is 0. The van der Waals surface area contributed by atoms with E-state index in [0.717, 1.165) is 44.7 Å². The Balaban J connectivity index is 1.14. The summed E-state index contributed by atoms with van der Waals surface area (Å²) in [6, 6.07) is 67.3. The third kappa shape index (κ3) is 5.09. The summed E-state index contributed by atoms with van der Waals surface area (Å²) in [4.78, 5) is 14.5. The number of hydrogen-bond acceptors (Lipinski definition) is 3. The first-order chi connectivity index (χ1) is 26.3. The van der Waals surface area contributed by atoms with Gasteiger partial charge in [0.1, 0.15) is 0 Å². The monoisotopic (exact) mass is 675 g/mol. The first-order valence-electron chi connectivity index (χ1n) is 18.0. The molecule has 248 valence electrons. The largest absolute Gasteiger partial charge is 0.265 e.